The van der Waals surface area contributed by atoms with Gasteiger partial charge in [0.2, 0.25) is 5.91 Å². The summed E-state index contributed by atoms with van der Waals surface area (Å²) < 4.78 is 26.4. The average Bonchev–Trinajstić information content (AvgIpc) is 2.32. The molecule has 0 spiro atoms. The molecule has 0 heterocycles. The summed E-state index contributed by atoms with van der Waals surface area (Å²) in [6.45, 7) is 5.40. The van der Waals surface area contributed by atoms with E-state index in [0.29, 0.717) is 6.07 Å². The third-order valence-electron chi connectivity index (χ3n) is 2.76. The smallest absolute Gasteiger partial charge is 0.242 e. The van der Waals surface area contributed by atoms with Gasteiger partial charge < -0.3 is 10.6 Å². The Hall–Kier alpha value is -1.36. The summed E-state index contributed by atoms with van der Waals surface area (Å²) in [5.74, 6) is -1.85. The lowest BCUT2D eigenvalue weighted by Crippen LogP contribution is -2.42. The van der Waals surface area contributed by atoms with Crippen LogP contribution in [-0.2, 0) is 4.79 Å². The lowest BCUT2D eigenvalue weighted by atomic mass is 10.2. The molecule has 19 heavy (non-hydrogen) atoms. The molecule has 6 heteroatoms. The molecule has 0 aliphatic heterocycles. The topological polar surface area (TPSA) is 41.1 Å². The Balaban J connectivity index is 2.77. The molecule has 1 aromatic rings. The molecule has 2 unspecified atom stereocenters. The van der Waals surface area contributed by atoms with Crippen LogP contribution in [0.3, 0.4) is 0 Å². The van der Waals surface area contributed by atoms with Gasteiger partial charge in [-0.05, 0) is 26.3 Å². The second-order valence-corrected chi connectivity index (χ2v) is 4.84. The first-order valence-corrected chi connectivity index (χ1v) is 6.44. The van der Waals surface area contributed by atoms with Gasteiger partial charge in [-0.1, -0.05) is 18.5 Å². The van der Waals surface area contributed by atoms with Crippen molar-refractivity contribution in [3.8, 4) is 0 Å². The number of nitrogens with one attached hydrogen (secondary N) is 2. The zero-order chi connectivity index (χ0) is 14.6. The van der Waals surface area contributed by atoms with Gasteiger partial charge in [-0.15, -0.1) is 0 Å². The zero-order valence-electron chi connectivity index (χ0n) is 11.1. The predicted octanol–water partition coefficient (Wildman–Crippen LogP) is 3.33. The lowest BCUT2D eigenvalue weighted by molar-refractivity contribution is -0.122. The zero-order valence-corrected chi connectivity index (χ0v) is 11.8. The highest BCUT2D eigenvalue weighted by atomic mass is 35.5. The van der Waals surface area contributed by atoms with Crippen molar-refractivity contribution >= 4 is 23.2 Å². The maximum atomic E-state index is 13.5. The fourth-order valence-electron chi connectivity index (χ4n) is 1.43. The van der Waals surface area contributed by atoms with Crippen molar-refractivity contribution in [1.82, 2.24) is 5.32 Å². The van der Waals surface area contributed by atoms with Crippen molar-refractivity contribution in [2.75, 3.05) is 5.32 Å². The third-order valence-corrected chi connectivity index (χ3v) is 3.06. The fourth-order valence-corrected chi connectivity index (χ4v) is 1.68. The molecule has 1 amide bonds. The van der Waals surface area contributed by atoms with Crippen LogP contribution in [0.5, 0.6) is 0 Å². The molecule has 0 bridgehead atoms. The summed E-state index contributed by atoms with van der Waals surface area (Å²) in [7, 11) is 0. The van der Waals surface area contributed by atoms with Crippen LogP contribution >= 0.6 is 11.6 Å². The minimum Gasteiger partial charge on any atom is -0.370 e. The van der Waals surface area contributed by atoms with Crippen LogP contribution in [0.4, 0.5) is 14.5 Å². The minimum absolute atomic E-state index is 0.0327. The SMILES string of the molecule is CCC(C)NC(=O)C(C)Nc1c(F)cc(F)cc1Cl. The molecule has 0 saturated carbocycles. The minimum atomic E-state index is -0.826. The number of halogens is 3. The molecular formula is C13H17ClF2N2O. The first kappa shape index (κ1) is 15.7. The maximum Gasteiger partial charge on any atom is 0.242 e. The quantitative estimate of drug-likeness (QED) is 0.873. The van der Waals surface area contributed by atoms with Crippen molar-refractivity contribution in [3.63, 3.8) is 0 Å². The van der Waals surface area contributed by atoms with Crippen molar-refractivity contribution in [1.29, 1.82) is 0 Å². The number of hydrogen-bond acceptors (Lipinski definition) is 2. The van der Waals surface area contributed by atoms with Crippen LogP contribution < -0.4 is 10.6 Å². The van der Waals surface area contributed by atoms with Gasteiger partial charge in [-0.2, -0.15) is 0 Å². The van der Waals surface area contributed by atoms with E-state index in [1.807, 2.05) is 13.8 Å². The number of amides is 1. The van der Waals surface area contributed by atoms with E-state index in [2.05, 4.69) is 10.6 Å². The number of carbonyl (C=O) groups is 1. The Kier molecular flexibility index (Phi) is 5.54. The highest BCUT2D eigenvalue weighted by Crippen LogP contribution is 2.26. The molecule has 0 fully saturated rings. The van der Waals surface area contributed by atoms with Crippen molar-refractivity contribution in [3.05, 3.63) is 28.8 Å². The van der Waals surface area contributed by atoms with Gasteiger partial charge in [0, 0.05) is 12.1 Å². The highest BCUT2D eigenvalue weighted by molar-refractivity contribution is 6.33. The molecule has 0 radical (unpaired) electrons. The largest absolute Gasteiger partial charge is 0.370 e. The van der Waals surface area contributed by atoms with Crippen LogP contribution in [0.15, 0.2) is 12.1 Å². The van der Waals surface area contributed by atoms with E-state index >= 15 is 0 Å². The molecule has 0 saturated heterocycles. The molecule has 2 N–H and O–H groups in total. The molecule has 0 aliphatic carbocycles. The van der Waals surface area contributed by atoms with Gasteiger partial charge >= 0.3 is 0 Å². The summed E-state index contributed by atoms with van der Waals surface area (Å²) >= 11 is 5.74. The molecule has 1 rings (SSSR count). The van der Waals surface area contributed by atoms with Crippen LogP contribution in [0.1, 0.15) is 27.2 Å². The van der Waals surface area contributed by atoms with E-state index in [9.17, 15) is 13.6 Å². The third kappa shape index (κ3) is 4.35. The van der Waals surface area contributed by atoms with E-state index in [1.165, 1.54) is 0 Å². The monoisotopic (exact) mass is 290 g/mol. The maximum absolute atomic E-state index is 13.5. The van der Waals surface area contributed by atoms with E-state index in [4.69, 9.17) is 11.6 Å². The normalized spacial score (nSPS) is 13.8. The summed E-state index contributed by atoms with van der Waals surface area (Å²) in [6, 6.07) is 1.07. The molecular weight excluding hydrogens is 274 g/mol. The Morgan fingerprint density at radius 1 is 1.37 bits per heavy atom. The van der Waals surface area contributed by atoms with Crippen molar-refractivity contribution in [2.24, 2.45) is 0 Å². The first-order chi connectivity index (χ1) is 8.85. The van der Waals surface area contributed by atoms with Crippen LogP contribution in [0.2, 0.25) is 5.02 Å². The summed E-state index contributed by atoms with van der Waals surface area (Å²) in [5.41, 5.74) is -0.0742. The molecule has 0 aromatic heterocycles. The van der Waals surface area contributed by atoms with Gasteiger partial charge in [0.1, 0.15) is 11.9 Å². The van der Waals surface area contributed by atoms with E-state index < -0.39 is 17.7 Å². The predicted molar refractivity (Wildman–Crippen MR) is 72.3 cm³/mol. The number of anilines is 1. The number of benzene rings is 1. The standard InChI is InChI=1S/C13H17ClF2N2O/c1-4-7(2)17-13(19)8(3)18-12-10(14)5-9(15)6-11(12)16/h5-8,18H,4H2,1-3H3,(H,17,19). The number of hydrogen-bond donors (Lipinski definition) is 2. The first-order valence-electron chi connectivity index (χ1n) is 6.06. The van der Waals surface area contributed by atoms with Crippen LogP contribution in [0.25, 0.3) is 0 Å². The summed E-state index contributed by atoms with van der Waals surface area (Å²) in [4.78, 5) is 11.8. The van der Waals surface area contributed by atoms with Crippen LogP contribution in [-0.4, -0.2) is 18.0 Å². The van der Waals surface area contributed by atoms with Crippen molar-refractivity contribution < 1.29 is 13.6 Å². The molecule has 2 atom stereocenters. The molecule has 1 aromatic carbocycles. The second kappa shape index (κ2) is 6.70. The number of carbonyl (C=O) groups excluding carboxylic acids is 1. The Bertz CT molecular complexity index is 445. The Labute approximate surface area is 116 Å². The van der Waals surface area contributed by atoms with E-state index in [-0.39, 0.29) is 22.7 Å². The van der Waals surface area contributed by atoms with Gasteiger partial charge in [0.25, 0.3) is 0 Å². The summed E-state index contributed by atoms with van der Waals surface area (Å²) in [5, 5.41) is 5.31. The Morgan fingerprint density at radius 2 is 2.00 bits per heavy atom. The van der Waals surface area contributed by atoms with Gasteiger partial charge in [-0.25, -0.2) is 8.78 Å². The lowest BCUT2D eigenvalue weighted by Gasteiger charge is -2.19. The second-order valence-electron chi connectivity index (χ2n) is 4.43. The van der Waals surface area contributed by atoms with E-state index in [0.717, 1.165) is 12.5 Å². The van der Waals surface area contributed by atoms with Gasteiger partial charge in [0.15, 0.2) is 5.82 Å². The van der Waals surface area contributed by atoms with Gasteiger partial charge in [0.05, 0.1) is 10.7 Å². The Morgan fingerprint density at radius 3 is 2.53 bits per heavy atom. The van der Waals surface area contributed by atoms with E-state index in [1.54, 1.807) is 6.92 Å². The summed E-state index contributed by atoms with van der Waals surface area (Å²) in [6.07, 6.45) is 0.796. The molecule has 0 aliphatic rings. The van der Waals surface area contributed by atoms with Crippen molar-refractivity contribution in [2.45, 2.75) is 39.3 Å². The molecule has 106 valence electrons. The number of rotatable bonds is 5. The fraction of sp³-hybridized carbons (Fsp3) is 0.462. The highest BCUT2D eigenvalue weighted by Gasteiger charge is 2.18. The molecule has 3 nitrogen and oxygen atoms in total. The van der Waals surface area contributed by atoms with Gasteiger partial charge in [-0.3, -0.25) is 4.79 Å². The van der Waals surface area contributed by atoms with Crippen LogP contribution in [0, 0.1) is 11.6 Å². The average molecular weight is 291 g/mol.